The fraction of sp³-hybridized carbons (Fsp3) is 0.421. The average Bonchev–Trinajstić information content (AvgIpc) is 2.99. The van der Waals surface area contributed by atoms with E-state index in [4.69, 9.17) is 0 Å². The third kappa shape index (κ3) is 5.45. The predicted molar refractivity (Wildman–Crippen MR) is 98.1 cm³/mol. The molecule has 25 heavy (non-hydrogen) atoms. The molecule has 0 radical (unpaired) electrons. The van der Waals surface area contributed by atoms with Crippen molar-refractivity contribution in [3.8, 4) is 0 Å². The number of benzene rings is 1. The van der Waals surface area contributed by atoms with Gasteiger partial charge in [0, 0.05) is 29.9 Å². The summed E-state index contributed by atoms with van der Waals surface area (Å²) in [6.45, 7) is 9.20. The second kappa shape index (κ2) is 8.46. The molecule has 6 heteroatoms. The maximum Gasteiger partial charge on any atom is 0.251 e. The van der Waals surface area contributed by atoms with Crippen molar-refractivity contribution in [2.45, 2.75) is 40.8 Å². The van der Waals surface area contributed by atoms with Gasteiger partial charge in [0.2, 0.25) is 5.91 Å². The Morgan fingerprint density at radius 3 is 2.64 bits per heavy atom. The zero-order chi connectivity index (χ0) is 18.4. The number of aromatic nitrogens is 2. The monoisotopic (exact) mass is 342 g/mol. The Balaban J connectivity index is 1.99. The highest BCUT2D eigenvalue weighted by atomic mass is 16.2. The Morgan fingerprint density at radius 1 is 1.20 bits per heavy atom. The molecule has 0 aliphatic rings. The molecular weight excluding hydrogens is 316 g/mol. The van der Waals surface area contributed by atoms with Crippen molar-refractivity contribution in [3.63, 3.8) is 0 Å². The summed E-state index contributed by atoms with van der Waals surface area (Å²) in [5.74, 6) is 0.136. The number of nitrogens with one attached hydrogen (secondary N) is 2. The Kier molecular flexibility index (Phi) is 6.33. The van der Waals surface area contributed by atoms with Crippen molar-refractivity contribution in [1.82, 2.24) is 14.9 Å². The maximum atomic E-state index is 12.4. The quantitative estimate of drug-likeness (QED) is 0.812. The van der Waals surface area contributed by atoms with Gasteiger partial charge in [-0.15, -0.1) is 0 Å². The number of nitrogens with zero attached hydrogens (tertiary/aromatic N) is 2. The second-order valence-corrected chi connectivity index (χ2v) is 6.84. The van der Waals surface area contributed by atoms with Gasteiger partial charge in [-0.2, -0.15) is 0 Å². The lowest BCUT2D eigenvalue weighted by molar-refractivity contribution is -0.118. The molecular formula is C19H26N4O2. The number of rotatable bonds is 7. The fourth-order valence-corrected chi connectivity index (χ4v) is 2.35. The van der Waals surface area contributed by atoms with Crippen molar-refractivity contribution < 1.29 is 9.59 Å². The van der Waals surface area contributed by atoms with Crippen LogP contribution in [0.2, 0.25) is 0 Å². The Morgan fingerprint density at radius 2 is 1.96 bits per heavy atom. The van der Waals surface area contributed by atoms with E-state index in [0.29, 0.717) is 23.7 Å². The number of hydrogen-bond acceptors (Lipinski definition) is 3. The van der Waals surface area contributed by atoms with Crippen LogP contribution in [-0.4, -0.2) is 21.4 Å². The normalized spacial score (nSPS) is 11.0. The van der Waals surface area contributed by atoms with Gasteiger partial charge in [-0.05, 0) is 24.1 Å². The van der Waals surface area contributed by atoms with Gasteiger partial charge >= 0.3 is 0 Å². The molecule has 0 atom stereocenters. The van der Waals surface area contributed by atoms with Crippen LogP contribution in [0.4, 0.5) is 5.69 Å². The lowest BCUT2D eigenvalue weighted by atomic mass is 10.1. The smallest absolute Gasteiger partial charge is 0.251 e. The molecule has 0 saturated carbocycles. The molecule has 134 valence electrons. The molecule has 0 fully saturated rings. The van der Waals surface area contributed by atoms with Gasteiger partial charge in [0.25, 0.3) is 5.91 Å². The van der Waals surface area contributed by atoms with Crippen LogP contribution >= 0.6 is 0 Å². The molecule has 0 saturated heterocycles. The van der Waals surface area contributed by atoms with Crippen LogP contribution in [0.3, 0.4) is 0 Å². The molecule has 2 N–H and O–H groups in total. The van der Waals surface area contributed by atoms with Gasteiger partial charge in [0.15, 0.2) is 0 Å². The first-order chi connectivity index (χ1) is 11.9. The topological polar surface area (TPSA) is 76.0 Å². The largest absolute Gasteiger partial charge is 0.346 e. The minimum Gasteiger partial charge on any atom is -0.346 e. The van der Waals surface area contributed by atoms with E-state index < -0.39 is 0 Å². The van der Waals surface area contributed by atoms with E-state index in [1.54, 1.807) is 36.8 Å². The van der Waals surface area contributed by atoms with Crippen LogP contribution in [0.15, 0.2) is 36.8 Å². The summed E-state index contributed by atoms with van der Waals surface area (Å²) in [6.07, 6.45) is 3.55. The molecule has 0 spiro atoms. The molecule has 0 aliphatic heterocycles. The SMILES string of the molecule is CC(C)Cn1cncc1CNC(=O)c1cccc(NC(=O)C(C)C)c1. The summed E-state index contributed by atoms with van der Waals surface area (Å²) >= 11 is 0. The van der Waals surface area contributed by atoms with E-state index in [1.165, 1.54) is 0 Å². The van der Waals surface area contributed by atoms with Crippen LogP contribution in [0.1, 0.15) is 43.7 Å². The molecule has 1 aromatic heterocycles. The minimum atomic E-state index is -0.182. The molecule has 0 bridgehead atoms. The summed E-state index contributed by atoms with van der Waals surface area (Å²) in [5, 5.41) is 5.71. The summed E-state index contributed by atoms with van der Waals surface area (Å²) in [5.41, 5.74) is 2.10. The number of imidazole rings is 1. The van der Waals surface area contributed by atoms with E-state index in [9.17, 15) is 9.59 Å². The highest BCUT2D eigenvalue weighted by Gasteiger charge is 2.11. The number of hydrogen-bond donors (Lipinski definition) is 2. The fourth-order valence-electron chi connectivity index (χ4n) is 2.35. The van der Waals surface area contributed by atoms with Crippen molar-refractivity contribution in [1.29, 1.82) is 0 Å². The first-order valence-corrected chi connectivity index (χ1v) is 8.55. The standard InChI is InChI=1S/C19H26N4O2/c1-13(2)11-23-12-20-9-17(23)10-21-19(25)15-6-5-7-16(8-15)22-18(24)14(3)4/h5-9,12-14H,10-11H2,1-4H3,(H,21,25)(H,22,24). The summed E-state index contributed by atoms with van der Waals surface area (Å²) in [7, 11) is 0. The number of carbonyl (C=O) groups is 2. The van der Waals surface area contributed by atoms with Gasteiger partial charge < -0.3 is 15.2 Å². The maximum absolute atomic E-state index is 12.4. The number of carbonyl (C=O) groups excluding carboxylic acids is 2. The Bertz CT molecular complexity index is 735. The van der Waals surface area contributed by atoms with Gasteiger partial charge in [-0.3, -0.25) is 9.59 Å². The minimum absolute atomic E-state index is 0.0739. The van der Waals surface area contributed by atoms with Crippen molar-refractivity contribution in [2.24, 2.45) is 11.8 Å². The highest BCUT2D eigenvalue weighted by molar-refractivity contribution is 5.97. The van der Waals surface area contributed by atoms with Crippen molar-refractivity contribution in [2.75, 3.05) is 5.32 Å². The van der Waals surface area contributed by atoms with E-state index >= 15 is 0 Å². The average molecular weight is 342 g/mol. The summed E-state index contributed by atoms with van der Waals surface area (Å²) < 4.78 is 2.05. The molecule has 0 unspecified atom stereocenters. The van der Waals surface area contributed by atoms with Gasteiger partial charge in [0.1, 0.15) is 0 Å². The third-order valence-corrected chi connectivity index (χ3v) is 3.71. The van der Waals surface area contributed by atoms with E-state index in [2.05, 4.69) is 29.5 Å². The lowest BCUT2D eigenvalue weighted by Gasteiger charge is -2.12. The van der Waals surface area contributed by atoms with E-state index in [0.717, 1.165) is 12.2 Å². The van der Waals surface area contributed by atoms with Crippen molar-refractivity contribution in [3.05, 3.63) is 48.0 Å². The van der Waals surface area contributed by atoms with E-state index in [-0.39, 0.29) is 17.7 Å². The number of amides is 2. The van der Waals surface area contributed by atoms with Gasteiger partial charge in [0.05, 0.1) is 18.6 Å². The number of anilines is 1. The molecule has 1 heterocycles. The zero-order valence-electron chi connectivity index (χ0n) is 15.2. The van der Waals surface area contributed by atoms with Gasteiger partial charge in [-0.1, -0.05) is 33.8 Å². The molecule has 2 aromatic rings. The Labute approximate surface area is 148 Å². The van der Waals surface area contributed by atoms with Crippen LogP contribution in [0, 0.1) is 11.8 Å². The predicted octanol–water partition coefficient (Wildman–Crippen LogP) is 3.06. The Hall–Kier alpha value is -2.63. The lowest BCUT2D eigenvalue weighted by Crippen LogP contribution is -2.25. The highest BCUT2D eigenvalue weighted by Crippen LogP contribution is 2.12. The molecule has 0 aliphatic carbocycles. The van der Waals surface area contributed by atoms with Crippen LogP contribution < -0.4 is 10.6 Å². The zero-order valence-corrected chi connectivity index (χ0v) is 15.2. The van der Waals surface area contributed by atoms with Crippen LogP contribution in [-0.2, 0) is 17.9 Å². The van der Waals surface area contributed by atoms with E-state index in [1.807, 2.05) is 18.4 Å². The van der Waals surface area contributed by atoms with Crippen molar-refractivity contribution >= 4 is 17.5 Å². The molecule has 2 rings (SSSR count). The summed E-state index contributed by atoms with van der Waals surface area (Å²) in [4.78, 5) is 28.3. The first kappa shape index (κ1) is 18.7. The third-order valence-electron chi connectivity index (χ3n) is 3.71. The summed E-state index contributed by atoms with van der Waals surface area (Å²) in [6, 6.07) is 6.94. The second-order valence-electron chi connectivity index (χ2n) is 6.84. The molecule has 6 nitrogen and oxygen atoms in total. The van der Waals surface area contributed by atoms with Crippen LogP contribution in [0.25, 0.3) is 0 Å². The molecule has 1 aromatic carbocycles. The van der Waals surface area contributed by atoms with Crippen LogP contribution in [0.5, 0.6) is 0 Å². The molecule has 2 amide bonds. The van der Waals surface area contributed by atoms with Gasteiger partial charge in [-0.25, -0.2) is 4.98 Å². The first-order valence-electron chi connectivity index (χ1n) is 8.55.